The van der Waals surface area contributed by atoms with Gasteiger partial charge in [0.1, 0.15) is 23.6 Å². The van der Waals surface area contributed by atoms with Gasteiger partial charge in [0.2, 0.25) is 0 Å². The van der Waals surface area contributed by atoms with Crippen LogP contribution in [-0.2, 0) is 31.6 Å². The molecule has 1 amide bonds. The van der Waals surface area contributed by atoms with Crippen molar-refractivity contribution in [1.82, 2.24) is 14.9 Å². The number of aliphatic hydroxyl groups excluding tert-OH is 1. The third kappa shape index (κ3) is 14.2. The summed E-state index contributed by atoms with van der Waals surface area (Å²) in [6, 6.07) is 0. The molecule has 1 aromatic carbocycles. The molecule has 3 rings (SSSR count). The second-order valence-corrected chi connectivity index (χ2v) is 13.0. The second-order valence-electron chi connectivity index (χ2n) is 8.77. The van der Waals surface area contributed by atoms with Crippen molar-refractivity contribution < 1.29 is 154 Å². The molecule has 32 heteroatoms. The van der Waals surface area contributed by atoms with E-state index in [1.165, 1.54) is 0 Å². The van der Waals surface area contributed by atoms with Crippen molar-refractivity contribution in [2.75, 3.05) is 13.2 Å². The van der Waals surface area contributed by atoms with Crippen LogP contribution in [0.3, 0.4) is 0 Å². The fourth-order valence-corrected chi connectivity index (χ4v) is 6.56. The Hall–Kier alpha value is -1.14. The van der Waals surface area contributed by atoms with E-state index >= 15 is 0 Å². The summed E-state index contributed by atoms with van der Waals surface area (Å²) in [6.07, 6.45) is -2.34. The molecule has 0 bridgehead atoms. The fourth-order valence-electron chi connectivity index (χ4n) is 3.70. The van der Waals surface area contributed by atoms with Gasteiger partial charge in [-0.25, -0.2) is 26.7 Å². The molecule has 5 atom stereocenters. The average molecular weight is 764 g/mol. The number of phosphoric acid groups is 3. The van der Waals surface area contributed by atoms with Gasteiger partial charge in [0.25, 0.3) is 27.1 Å². The second kappa shape index (κ2) is 21.1. The van der Waals surface area contributed by atoms with E-state index in [9.17, 15) is 70.3 Å². The minimum absolute atomic E-state index is 0. The number of rotatable bonds is 13. The third-order valence-corrected chi connectivity index (χ3v) is 9.26. The molecule has 3 N–H and O–H groups in total. The first-order valence-electron chi connectivity index (χ1n) is 11.9. The van der Waals surface area contributed by atoms with E-state index < -0.39 is 113 Å². The normalized spacial score (nSPS) is 19.2. The molecule has 258 valence electrons. The van der Waals surface area contributed by atoms with Gasteiger partial charge in [0.05, 0.1) is 26.1 Å². The van der Waals surface area contributed by atoms with E-state index in [-0.39, 0.29) is 81.0 Å². The van der Waals surface area contributed by atoms with Crippen LogP contribution in [0.5, 0.6) is 0 Å². The van der Waals surface area contributed by atoms with Crippen LogP contribution in [-0.4, -0.2) is 45.9 Å². The maximum absolute atomic E-state index is 14.2. The van der Waals surface area contributed by atoms with Crippen molar-refractivity contribution >= 4 is 41.1 Å². The molecule has 1 fully saturated rings. The van der Waals surface area contributed by atoms with Crippen LogP contribution in [0.2, 0.25) is 0 Å². The molecule has 0 spiro atoms. The monoisotopic (exact) mass is 764 g/mol. The van der Waals surface area contributed by atoms with Crippen molar-refractivity contribution in [3.05, 3.63) is 77.9 Å². The number of hydrogen-bond donors (Lipinski definition) is 3. The standard InChI is InChI=1S/C19H19F4N6O15P3.4Li/c20-12-11(13(21)15(23)16(14(12)22)27-28-24)18(32)25-3-1-2-7-5-29(19(33)26-17(7)31)10-4-8(30)9(42-10)6-41-46(37,38)44-47(39,40)43-45(34,35)36;;;;/h1-2,5,8-10,30H,3-4,6H2,(H,25,32)(H,37,38)(H,39,40)(H,26,31,33)(H2,34,35,36);;;;/q;4*+1/p-4/b2-1+;;;;/t8-,9+,10+;;;;/m0..../s1. The quantitative estimate of drug-likeness (QED) is 0.0324. The van der Waals surface area contributed by atoms with Crippen LogP contribution in [0.4, 0.5) is 23.2 Å². The summed E-state index contributed by atoms with van der Waals surface area (Å²) < 4.78 is 106. The number of aromatic amines is 1. The van der Waals surface area contributed by atoms with Crippen molar-refractivity contribution in [1.29, 1.82) is 0 Å². The Labute approximate surface area is 329 Å². The Bertz CT molecular complexity index is 1900. The molecule has 1 aliphatic heterocycles. The number of carbonyl (C=O) groups is 1. The smallest absolute Gasteiger partial charge is 0.790 e. The number of benzene rings is 1. The summed E-state index contributed by atoms with van der Waals surface area (Å²) in [7, 11) is -18.4. The maximum Gasteiger partial charge on any atom is 1.00 e. The molecule has 0 saturated carbocycles. The van der Waals surface area contributed by atoms with Gasteiger partial charge in [-0.2, -0.15) is 0 Å². The number of ether oxygens (including phenoxy) is 1. The van der Waals surface area contributed by atoms with E-state index in [1.54, 1.807) is 0 Å². The van der Waals surface area contributed by atoms with Gasteiger partial charge in [0, 0.05) is 24.1 Å². The van der Waals surface area contributed by atoms with Crippen LogP contribution in [0, 0.1) is 23.3 Å². The molecular weight excluding hydrogens is 749 g/mol. The molecule has 2 heterocycles. The SMILES string of the molecule is [Li+].[Li+].[Li+].[Li+].[N-]=[N+]=Nc1c(F)c(F)c(C(=O)NC/C=C/c2cn([C@H]3C[C@H](O)[C@@H](COP(=O)([O-])OP(=O)([O-])OP(=O)([O-])[O-])O3)c(=O)[nH]c2=O)c(F)c1F. The number of H-pyrrole nitrogens is 1. The van der Waals surface area contributed by atoms with Crippen LogP contribution in [0.15, 0.2) is 27.0 Å². The van der Waals surface area contributed by atoms with Gasteiger partial charge in [0.15, 0.2) is 23.3 Å². The summed E-state index contributed by atoms with van der Waals surface area (Å²) in [5.41, 5.74) is 2.42. The molecular formula is C19H15F4Li4N6O15P3. The Morgan fingerprint density at radius 3 is 2.16 bits per heavy atom. The summed E-state index contributed by atoms with van der Waals surface area (Å²) in [4.78, 5) is 84.4. The first-order valence-corrected chi connectivity index (χ1v) is 16.3. The fraction of sp³-hybridized carbons (Fsp3) is 0.316. The van der Waals surface area contributed by atoms with E-state index in [0.717, 1.165) is 18.3 Å². The van der Waals surface area contributed by atoms with Crippen molar-refractivity contribution in [2.45, 2.75) is 24.9 Å². The van der Waals surface area contributed by atoms with Gasteiger partial charge >= 0.3 is 81.1 Å². The first-order chi connectivity index (χ1) is 21.7. The van der Waals surface area contributed by atoms with Crippen LogP contribution < -0.4 is 112 Å². The van der Waals surface area contributed by atoms with Gasteiger partial charge < -0.3 is 43.8 Å². The van der Waals surface area contributed by atoms with Crippen molar-refractivity contribution in [3.63, 3.8) is 0 Å². The zero-order valence-electron chi connectivity index (χ0n) is 26.4. The Morgan fingerprint density at radius 1 is 1.06 bits per heavy atom. The van der Waals surface area contributed by atoms with E-state index in [0.29, 0.717) is 4.57 Å². The van der Waals surface area contributed by atoms with Crippen molar-refractivity contribution in [2.24, 2.45) is 5.11 Å². The molecule has 0 aliphatic carbocycles. The largest absolute Gasteiger partial charge is 1.00 e. The molecule has 2 unspecified atom stereocenters. The zero-order chi connectivity index (χ0) is 35.5. The third-order valence-electron chi connectivity index (χ3n) is 5.60. The molecule has 21 nitrogen and oxygen atoms in total. The average Bonchev–Trinajstić information content (AvgIpc) is 3.30. The summed E-state index contributed by atoms with van der Waals surface area (Å²) in [6.45, 7) is -1.81. The topological polar surface area (TPSA) is 333 Å². The summed E-state index contributed by atoms with van der Waals surface area (Å²) in [5, 5.41) is 14.5. The number of carbonyl (C=O) groups excluding carboxylic acids is 1. The molecule has 1 saturated heterocycles. The van der Waals surface area contributed by atoms with Crippen LogP contribution >= 0.6 is 23.5 Å². The number of amides is 1. The summed E-state index contributed by atoms with van der Waals surface area (Å²) in [5.74, 6) is -10.3. The minimum atomic E-state index is -6.26. The van der Waals surface area contributed by atoms with Crippen LogP contribution in [0.25, 0.3) is 16.5 Å². The predicted octanol–water partition coefficient (Wildman–Crippen LogP) is -13.0. The first kappa shape index (κ1) is 52.0. The molecule has 51 heavy (non-hydrogen) atoms. The Morgan fingerprint density at radius 2 is 1.63 bits per heavy atom. The minimum Gasteiger partial charge on any atom is -0.790 e. The number of hydrogen-bond acceptors (Lipinski definition) is 16. The number of halogens is 4. The van der Waals surface area contributed by atoms with Gasteiger partial charge in [-0.05, 0) is 5.53 Å². The van der Waals surface area contributed by atoms with Gasteiger partial charge in [-0.1, -0.05) is 17.3 Å². The Balaban J connectivity index is 0. The number of azide groups is 1. The number of nitrogens with zero attached hydrogens (tertiary/aromatic N) is 4. The molecule has 1 aromatic heterocycles. The number of phosphoric ester groups is 1. The molecule has 2 aromatic rings. The Kier molecular flexibility index (Phi) is 21.5. The molecule has 1 aliphatic rings. The number of aliphatic hydroxyl groups is 1. The van der Waals surface area contributed by atoms with Crippen LogP contribution in [0.1, 0.15) is 28.6 Å². The number of aromatic nitrogens is 2. The predicted molar refractivity (Wildman–Crippen MR) is 133 cm³/mol. The number of nitrogens with one attached hydrogen (secondary N) is 2. The van der Waals surface area contributed by atoms with E-state index in [4.69, 9.17) is 10.3 Å². The molecule has 0 radical (unpaired) electrons. The van der Waals surface area contributed by atoms with Gasteiger partial charge in [-0.15, -0.1) is 0 Å². The zero-order valence-corrected chi connectivity index (χ0v) is 29.1. The van der Waals surface area contributed by atoms with Crippen molar-refractivity contribution in [3.8, 4) is 0 Å². The van der Waals surface area contributed by atoms with E-state index in [2.05, 4.69) is 18.3 Å². The summed E-state index contributed by atoms with van der Waals surface area (Å²) >= 11 is 0. The maximum atomic E-state index is 14.2. The van der Waals surface area contributed by atoms with E-state index in [1.807, 2.05) is 15.2 Å². The van der Waals surface area contributed by atoms with Gasteiger partial charge in [-0.3, -0.25) is 32.6 Å².